The minimum Gasteiger partial charge on any atom is -0.484 e. The molecule has 5 nitrogen and oxygen atoms in total. The Labute approximate surface area is 112 Å². The number of amides is 1. The lowest BCUT2D eigenvalue weighted by Gasteiger charge is -2.21. The fourth-order valence-electron chi connectivity index (χ4n) is 1.90. The number of rotatable bonds is 6. The minimum atomic E-state index is -0.0693. The summed E-state index contributed by atoms with van der Waals surface area (Å²) in [6.45, 7) is 0.478. The van der Waals surface area contributed by atoms with E-state index in [-0.39, 0.29) is 12.5 Å². The lowest BCUT2D eigenvalue weighted by Crippen LogP contribution is -2.37. The number of hydrogen-bond acceptors (Lipinski definition) is 4. The van der Waals surface area contributed by atoms with Crippen molar-refractivity contribution in [1.82, 2.24) is 4.90 Å². The van der Waals surface area contributed by atoms with Crippen molar-refractivity contribution in [1.29, 1.82) is 5.26 Å². The molecule has 100 valence electrons. The van der Waals surface area contributed by atoms with Crippen molar-refractivity contribution in [2.24, 2.45) is 0 Å². The molecule has 0 spiro atoms. The van der Waals surface area contributed by atoms with E-state index < -0.39 is 0 Å². The number of nitrogens with zero attached hydrogens (tertiary/aromatic N) is 2. The van der Waals surface area contributed by atoms with Crippen LogP contribution in [-0.2, 0) is 4.79 Å². The lowest BCUT2D eigenvalue weighted by atomic mass is 10.3. The average molecular weight is 259 g/mol. The average Bonchev–Trinajstić information content (AvgIpc) is 3.21. The first-order valence-corrected chi connectivity index (χ1v) is 6.35. The molecule has 0 unspecified atom stereocenters. The fourth-order valence-corrected chi connectivity index (χ4v) is 1.90. The summed E-state index contributed by atoms with van der Waals surface area (Å²) < 4.78 is 5.43. The molecule has 1 amide bonds. The molecule has 0 heterocycles. The number of benzene rings is 1. The molecule has 2 N–H and O–H groups in total. The zero-order chi connectivity index (χ0) is 13.7. The maximum absolute atomic E-state index is 12.0. The van der Waals surface area contributed by atoms with Crippen molar-refractivity contribution in [3.63, 3.8) is 0 Å². The highest BCUT2D eigenvalue weighted by Gasteiger charge is 2.32. The van der Waals surface area contributed by atoms with Crippen LogP contribution < -0.4 is 10.5 Å². The first-order valence-electron chi connectivity index (χ1n) is 6.35. The van der Waals surface area contributed by atoms with Crippen LogP contribution in [0.1, 0.15) is 19.3 Å². The van der Waals surface area contributed by atoms with Crippen LogP contribution in [0.2, 0.25) is 0 Å². The van der Waals surface area contributed by atoms with Crippen molar-refractivity contribution in [3.8, 4) is 11.8 Å². The largest absolute Gasteiger partial charge is 0.484 e. The Morgan fingerprint density at radius 1 is 1.53 bits per heavy atom. The molecule has 1 fully saturated rings. The summed E-state index contributed by atoms with van der Waals surface area (Å²) in [6.07, 6.45) is 2.41. The second kappa shape index (κ2) is 6.10. The zero-order valence-corrected chi connectivity index (χ0v) is 10.7. The highest BCUT2D eigenvalue weighted by Crippen LogP contribution is 2.27. The van der Waals surface area contributed by atoms with Crippen LogP contribution >= 0.6 is 0 Å². The summed E-state index contributed by atoms with van der Waals surface area (Å²) in [6, 6.07) is 9.35. The molecule has 19 heavy (non-hydrogen) atoms. The van der Waals surface area contributed by atoms with Gasteiger partial charge < -0.3 is 15.4 Å². The van der Waals surface area contributed by atoms with Gasteiger partial charge in [-0.3, -0.25) is 4.79 Å². The molecule has 0 saturated heterocycles. The van der Waals surface area contributed by atoms with Gasteiger partial charge in [-0.25, -0.2) is 0 Å². The van der Waals surface area contributed by atoms with Gasteiger partial charge in [0.05, 0.1) is 12.5 Å². The number of carbonyl (C=O) groups is 1. The number of nitrogen functional groups attached to an aromatic ring is 1. The molecule has 5 heteroatoms. The molecule has 0 aliphatic heterocycles. The van der Waals surface area contributed by atoms with Crippen LogP contribution in [0.4, 0.5) is 5.69 Å². The standard InChI is InChI=1S/C14H17N3O2/c15-7-2-8-17(12-5-6-12)14(18)10-19-13-4-1-3-11(16)9-13/h1,3-4,9,12H,2,5-6,8,10,16H2. The van der Waals surface area contributed by atoms with Crippen molar-refractivity contribution in [2.75, 3.05) is 18.9 Å². The summed E-state index contributed by atoms with van der Waals surface area (Å²) in [7, 11) is 0. The molecule has 1 aromatic rings. The van der Waals surface area contributed by atoms with Crippen LogP contribution in [0.15, 0.2) is 24.3 Å². The van der Waals surface area contributed by atoms with E-state index in [0.29, 0.717) is 30.4 Å². The summed E-state index contributed by atoms with van der Waals surface area (Å²) in [5, 5.41) is 8.60. The Kier molecular flexibility index (Phi) is 4.24. The third-order valence-corrected chi connectivity index (χ3v) is 2.99. The van der Waals surface area contributed by atoms with Crippen molar-refractivity contribution in [3.05, 3.63) is 24.3 Å². The molecule has 1 aromatic carbocycles. The maximum atomic E-state index is 12.0. The number of carbonyl (C=O) groups excluding carboxylic acids is 1. The number of ether oxygens (including phenoxy) is 1. The monoisotopic (exact) mass is 259 g/mol. The lowest BCUT2D eigenvalue weighted by molar-refractivity contribution is -0.133. The van der Waals surface area contributed by atoms with Gasteiger partial charge in [-0.05, 0) is 25.0 Å². The molecule has 1 aliphatic carbocycles. The Balaban J connectivity index is 1.87. The van der Waals surface area contributed by atoms with Crippen LogP contribution in [0.5, 0.6) is 5.75 Å². The Morgan fingerprint density at radius 3 is 2.95 bits per heavy atom. The van der Waals surface area contributed by atoms with Gasteiger partial charge >= 0.3 is 0 Å². The van der Waals surface area contributed by atoms with Crippen molar-refractivity contribution in [2.45, 2.75) is 25.3 Å². The van der Waals surface area contributed by atoms with Gasteiger partial charge in [-0.15, -0.1) is 0 Å². The van der Waals surface area contributed by atoms with Crippen LogP contribution in [0.3, 0.4) is 0 Å². The Hall–Kier alpha value is -2.22. The van der Waals surface area contributed by atoms with Gasteiger partial charge in [-0.1, -0.05) is 6.07 Å². The third-order valence-electron chi connectivity index (χ3n) is 2.99. The molecular weight excluding hydrogens is 242 g/mol. The SMILES string of the molecule is N#CCCN(C(=O)COc1cccc(N)c1)C1CC1. The van der Waals surface area contributed by atoms with Gasteiger partial charge in [0, 0.05) is 24.3 Å². The van der Waals surface area contributed by atoms with Crippen molar-refractivity contribution >= 4 is 11.6 Å². The molecule has 0 radical (unpaired) electrons. The van der Waals surface area contributed by atoms with E-state index in [2.05, 4.69) is 6.07 Å². The molecule has 1 aliphatic rings. The van der Waals surface area contributed by atoms with Crippen LogP contribution in [0, 0.1) is 11.3 Å². The molecule has 1 saturated carbocycles. The van der Waals surface area contributed by atoms with E-state index in [0.717, 1.165) is 12.8 Å². The second-order valence-corrected chi connectivity index (χ2v) is 4.59. The number of anilines is 1. The molecule has 0 aromatic heterocycles. The maximum Gasteiger partial charge on any atom is 0.260 e. The fraction of sp³-hybridized carbons (Fsp3) is 0.429. The van der Waals surface area contributed by atoms with E-state index in [1.807, 2.05) is 0 Å². The molecule has 2 rings (SSSR count). The predicted octanol–water partition coefficient (Wildman–Crippen LogP) is 1.55. The second-order valence-electron chi connectivity index (χ2n) is 4.59. The van der Waals surface area contributed by atoms with E-state index in [4.69, 9.17) is 15.7 Å². The van der Waals surface area contributed by atoms with E-state index in [9.17, 15) is 4.79 Å². The van der Waals surface area contributed by atoms with Gasteiger partial charge in [-0.2, -0.15) is 5.26 Å². The third kappa shape index (κ3) is 3.88. The van der Waals surface area contributed by atoms with E-state index in [1.165, 1.54) is 0 Å². The highest BCUT2D eigenvalue weighted by atomic mass is 16.5. The predicted molar refractivity (Wildman–Crippen MR) is 71.3 cm³/mol. The summed E-state index contributed by atoms with van der Waals surface area (Å²) >= 11 is 0. The molecular formula is C14H17N3O2. The van der Waals surface area contributed by atoms with Crippen LogP contribution in [0.25, 0.3) is 0 Å². The number of nitrogens with two attached hydrogens (primary N) is 1. The van der Waals surface area contributed by atoms with E-state index >= 15 is 0 Å². The van der Waals surface area contributed by atoms with Gasteiger partial charge in [0.25, 0.3) is 5.91 Å². The topological polar surface area (TPSA) is 79.3 Å². The molecule has 0 atom stereocenters. The Bertz CT molecular complexity index is 492. The van der Waals surface area contributed by atoms with Gasteiger partial charge in [0.1, 0.15) is 5.75 Å². The van der Waals surface area contributed by atoms with Crippen LogP contribution in [-0.4, -0.2) is 30.0 Å². The molecule has 0 bridgehead atoms. The summed E-state index contributed by atoms with van der Waals surface area (Å²) in [5.74, 6) is 0.518. The smallest absolute Gasteiger partial charge is 0.260 e. The quantitative estimate of drug-likeness (QED) is 0.786. The van der Waals surface area contributed by atoms with E-state index in [1.54, 1.807) is 29.2 Å². The van der Waals surface area contributed by atoms with Gasteiger partial charge in [0.15, 0.2) is 6.61 Å². The van der Waals surface area contributed by atoms with Crippen molar-refractivity contribution < 1.29 is 9.53 Å². The summed E-state index contributed by atoms with van der Waals surface area (Å²) in [4.78, 5) is 13.8. The zero-order valence-electron chi connectivity index (χ0n) is 10.7. The number of nitriles is 1. The number of hydrogen-bond donors (Lipinski definition) is 1. The normalized spacial score (nSPS) is 13.6. The highest BCUT2D eigenvalue weighted by molar-refractivity contribution is 5.78. The summed E-state index contributed by atoms with van der Waals surface area (Å²) in [5.41, 5.74) is 6.24. The minimum absolute atomic E-state index is 0.00855. The first kappa shape index (κ1) is 13.2. The first-order chi connectivity index (χ1) is 9.20. The van der Waals surface area contributed by atoms with Gasteiger partial charge in [0.2, 0.25) is 0 Å². The Morgan fingerprint density at radius 2 is 2.32 bits per heavy atom.